The molecule has 0 saturated carbocycles. The molecule has 0 aliphatic heterocycles. The number of alkyl halides is 2. The van der Waals surface area contributed by atoms with E-state index in [0.29, 0.717) is 0 Å². The van der Waals surface area contributed by atoms with Crippen molar-refractivity contribution in [2.75, 3.05) is 14.1 Å². The van der Waals surface area contributed by atoms with Crippen molar-refractivity contribution in [3.05, 3.63) is 58.9 Å². The Kier molecular flexibility index (Phi) is 5.35. The van der Waals surface area contributed by atoms with Gasteiger partial charge in [-0.25, -0.2) is 4.68 Å². The molecule has 126 valence electrons. The zero-order valence-corrected chi connectivity index (χ0v) is 12.9. The smallest absolute Gasteiger partial charge is 0.387 e. The normalized spacial score (nSPS) is 11.0. The summed E-state index contributed by atoms with van der Waals surface area (Å²) in [6.45, 7) is -2.99. The molecule has 0 spiro atoms. The van der Waals surface area contributed by atoms with Gasteiger partial charge in [-0.1, -0.05) is 0 Å². The molecule has 2 rings (SSSR count). The lowest BCUT2D eigenvalue weighted by Gasteiger charge is -2.08. The van der Waals surface area contributed by atoms with E-state index in [1.165, 1.54) is 35.4 Å². The Labute approximate surface area is 135 Å². The first-order chi connectivity index (χ1) is 11.4. The molecule has 0 atom stereocenters. The van der Waals surface area contributed by atoms with Crippen molar-refractivity contribution in [2.24, 2.45) is 0 Å². The van der Waals surface area contributed by atoms with Crippen LogP contribution in [-0.2, 0) is 0 Å². The number of carbonyl (C=O) groups is 1. The van der Waals surface area contributed by atoms with Crippen LogP contribution in [0.25, 0.3) is 5.69 Å². The van der Waals surface area contributed by atoms with E-state index in [2.05, 4.69) is 14.8 Å². The Balaban J connectivity index is 2.38. The molecule has 2 aromatic rings. The third-order valence-corrected chi connectivity index (χ3v) is 2.75. The van der Waals surface area contributed by atoms with Crippen molar-refractivity contribution in [2.45, 2.75) is 6.61 Å². The highest BCUT2D eigenvalue weighted by atomic mass is 19.3. The summed E-state index contributed by atoms with van der Waals surface area (Å²) in [6, 6.07) is 2.42. The molecule has 9 heteroatoms. The number of hydrogen-bond donors (Lipinski definition) is 0. The van der Waals surface area contributed by atoms with Gasteiger partial charge in [-0.05, 0) is 0 Å². The SMILES string of the molecule is CN(C)/C=C/C(=O)c1nn(-c2cncc(OC(F)F)c2)ccc1=O. The largest absolute Gasteiger partial charge is 0.433 e. The third-order valence-electron chi connectivity index (χ3n) is 2.75. The van der Waals surface area contributed by atoms with E-state index in [1.807, 2.05) is 0 Å². The molecular formula is C15H14F2N4O3. The summed E-state index contributed by atoms with van der Waals surface area (Å²) in [4.78, 5) is 29.3. The van der Waals surface area contributed by atoms with Gasteiger partial charge in [-0.15, -0.1) is 0 Å². The standard InChI is InChI=1S/C15H14F2N4O3/c1-20(2)5-3-12(22)14-13(23)4-6-21(19-14)10-7-11(9-18-8-10)24-15(16)17/h3-9,15H,1-2H3/b5-3+. The first-order valence-electron chi connectivity index (χ1n) is 6.76. The third kappa shape index (κ3) is 4.45. The fourth-order valence-corrected chi connectivity index (χ4v) is 1.72. The zero-order valence-electron chi connectivity index (χ0n) is 12.9. The number of ether oxygens (including phenoxy) is 1. The lowest BCUT2D eigenvalue weighted by molar-refractivity contribution is -0.0500. The molecule has 2 heterocycles. The summed E-state index contributed by atoms with van der Waals surface area (Å²) in [5, 5.41) is 3.94. The van der Waals surface area contributed by atoms with Crippen LogP contribution in [0.2, 0.25) is 0 Å². The van der Waals surface area contributed by atoms with E-state index < -0.39 is 17.8 Å². The summed E-state index contributed by atoms with van der Waals surface area (Å²) in [5.74, 6) is -0.737. The maximum atomic E-state index is 12.3. The maximum absolute atomic E-state index is 12.3. The molecule has 7 nitrogen and oxygen atoms in total. The Hall–Kier alpha value is -3.10. The number of allylic oxidation sites excluding steroid dienone is 1. The number of pyridine rings is 1. The minimum atomic E-state index is -2.99. The van der Waals surface area contributed by atoms with E-state index in [1.54, 1.807) is 19.0 Å². The highest BCUT2D eigenvalue weighted by molar-refractivity contribution is 6.02. The van der Waals surface area contributed by atoms with Gasteiger partial charge in [0.05, 0.1) is 18.1 Å². The van der Waals surface area contributed by atoms with Crippen LogP contribution in [0.1, 0.15) is 10.5 Å². The van der Waals surface area contributed by atoms with E-state index in [9.17, 15) is 18.4 Å². The highest BCUT2D eigenvalue weighted by Crippen LogP contribution is 2.16. The second-order valence-electron chi connectivity index (χ2n) is 4.87. The molecule has 0 unspecified atom stereocenters. The molecule has 0 radical (unpaired) electrons. The van der Waals surface area contributed by atoms with Gasteiger partial charge in [0.15, 0.2) is 5.69 Å². The van der Waals surface area contributed by atoms with Crippen molar-refractivity contribution >= 4 is 5.78 Å². The lowest BCUT2D eigenvalue weighted by atomic mass is 10.2. The fraction of sp³-hybridized carbons (Fsp3) is 0.200. The Morgan fingerprint density at radius 1 is 1.38 bits per heavy atom. The quantitative estimate of drug-likeness (QED) is 0.587. The molecule has 0 aliphatic carbocycles. The number of nitrogens with zero attached hydrogens (tertiary/aromatic N) is 4. The van der Waals surface area contributed by atoms with Crippen molar-refractivity contribution in [1.82, 2.24) is 19.7 Å². The second-order valence-corrected chi connectivity index (χ2v) is 4.87. The van der Waals surface area contributed by atoms with Crippen molar-refractivity contribution in [1.29, 1.82) is 0 Å². The van der Waals surface area contributed by atoms with Crippen LogP contribution in [0.5, 0.6) is 5.75 Å². The van der Waals surface area contributed by atoms with Gasteiger partial charge < -0.3 is 9.64 Å². The Morgan fingerprint density at radius 2 is 2.12 bits per heavy atom. The minimum absolute atomic E-state index is 0.164. The molecule has 0 bridgehead atoms. The van der Waals surface area contributed by atoms with Gasteiger partial charge in [0, 0.05) is 44.7 Å². The van der Waals surface area contributed by atoms with Crippen LogP contribution in [-0.4, -0.2) is 46.2 Å². The number of ketones is 1. The second kappa shape index (κ2) is 7.44. The molecular weight excluding hydrogens is 322 g/mol. The topological polar surface area (TPSA) is 77.3 Å². The van der Waals surface area contributed by atoms with E-state index in [0.717, 1.165) is 12.3 Å². The molecule has 24 heavy (non-hydrogen) atoms. The van der Waals surface area contributed by atoms with Gasteiger partial charge in [0.25, 0.3) is 0 Å². The van der Waals surface area contributed by atoms with Crippen molar-refractivity contribution in [3.63, 3.8) is 0 Å². The average molecular weight is 336 g/mol. The summed E-state index contributed by atoms with van der Waals surface area (Å²) in [7, 11) is 3.45. The van der Waals surface area contributed by atoms with E-state index in [-0.39, 0.29) is 17.1 Å². The van der Waals surface area contributed by atoms with E-state index >= 15 is 0 Å². The molecule has 0 saturated heterocycles. The first-order valence-corrected chi connectivity index (χ1v) is 6.76. The number of carbonyl (C=O) groups excluding carboxylic acids is 1. The summed E-state index contributed by atoms with van der Waals surface area (Å²) in [6.07, 6.45) is 6.45. The molecule has 2 aromatic heterocycles. The average Bonchev–Trinajstić information content (AvgIpc) is 2.52. The predicted octanol–water partition coefficient (Wildman–Crippen LogP) is 1.49. The number of aromatic nitrogens is 3. The molecule has 0 N–H and O–H groups in total. The van der Waals surface area contributed by atoms with Gasteiger partial charge in [0.1, 0.15) is 5.75 Å². The summed E-state index contributed by atoms with van der Waals surface area (Å²) in [5.41, 5.74) is -0.581. The molecule has 0 amide bonds. The monoisotopic (exact) mass is 336 g/mol. The zero-order chi connectivity index (χ0) is 17.7. The van der Waals surface area contributed by atoms with E-state index in [4.69, 9.17) is 0 Å². The Morgan fingerprint density at radius 3 is 2.79 bits per heavy atom. The highest BCUT2D eigenvalue weighted by Gasteiger charge is 2.12. The molecule has 0 aliphatic rings. The molecule has 0 aromatic carbocycles. The van der Waals surface area contributed by atoms with Crippen LogP contribution < -0.4 is 10.2 Å². The number of rotatable bonds is 6. The lowest BCUT2D eigenvalue weighted by Crippen LogP contribution is -2.20. The van der Waals surface area contributed by atoms with Gasteiger partial charge in [-0.3, -0.25) is 14.6 Å². The summed E-state index contributed by atoms with van der Waals surface area (Å²) >= 11 is 0. The predicted molar refractivity (Wildman–Crippen MR) is 81.4 cm³/mol. The number of hydrogen-bond acceptors (Lipinski definition) is 6. The van der Waals surface area contributed by atoms with Crippen LogP contribution in [0, 0.1) is 0 Å². The van der Waals surface area contributed by atoms with Crippen LogP contribution in [0.15, 0.2) is 47.8 Å². The van der Waals surface area contributed by atoms with Gasteiger partial charge in [0.2, 0.25) is 11.2 Å². The fourth-order valence-electron chi connectivity index (χ4n) is 1.72. The van der Waals surface area contributed by atoms with Crippen LogP contribution >= 0.6 is 0 Å². The van der Waals surface area contributed by atoms with Gasteiger partial charge >= 0.3 is 6.61 Å². The van der Waals surface area contributed by atoms with Crippen LogP contribution in [0.4, 0.5) is 8.78 Å². The number of halogens is 2. The molecule has 0 fully saturated rings. The maximum Gasteiger partial charge on any atom is 0.387 e. The van der Waals surface area contributed by atoms with Crippen molar-refractivity contribution in [3.8, 4) is 11.4 Å². The van der Waals surface area contributed by atoms with Crippen molar-refractivity contribution < 1.29 is 18.3 Å². The van der Waals surface area contributed by atoms with Gasteiger partial charge in [-0.2, -0.15) is 13.9 Å². The summed E-state index contributed by atoms with van der Waals surface area (Å²) < 4.78 is 30.0. The first kappa shape index (κ1) is 17.3. The van der Waals surface area contributed by atoms with Crippen LogP contribution in [0.3, 0.4) is 0 Å². The Bertz CT molecular complexity index is 818. The minimum Gasteiger partial charge on any atom is -0.433 e.